The van der Waals surface area contributed by atoms with Gasteiger partial charge in [-0.25, -0.2) is 0 Å². The van der Waals surface area contributed by atoms with Crippen molar-refractivity contribution in [1.29, 1.82) is 0 Å². The third-order valence-electron chi connectivity index (χ3n) is 4.11. The Bertz CT molecular complexity index is 363. The minimum atomic E-state index is -0.750. The van der Waals surface area contributed by atoms with Crippen LogP contribution in [0.4, 0.5) is 0 Å². The molecular weight excluding hydrogens is 268 g/mol. The van der Waals surface area contributed by atoms with E-state index in [1.807, 2.05) is 11.8 Å². The molecule has 1 rings (SSSR count). The molecule has 0 spiro atoms. The molecule has 0 aromatic heterocycles. The van der Waals surface area contributed by atoms with E-state index in [1.54, 1.807) is 0 Å². The molecule has 21 heavy (non-hydrogen) atoms. The molecule has 0 aliphatic carbocycles. The summed E-state index contributed by atoms with van der Waals surface area (Å²) in [5.41, 5.74) is 0.0285. The molecule has 0 saturated carbocycles. The standard InChI is InChI=1S/C16H30N2O3/c1-12(10-15(20)21)13-6-5-9-18(11-13)14(19)7-8-17-16(2,3)4/h12-13,17H,5-11H2,1-4H3,(H,20,21). The summed E-state index contributed by atoms with van der Waals surface area (Å²) in [6, 6.07) is 0. The lowest BCUT2D eigenvalue weighted by atomic mass is 9.84. The normalized spacial score (nSPS) is 21.1. The first-order valence-electron chi connectivity index (χ1n) is 7.93. The van der Waals surface area contributed by atoms with Gasteiger partial charge in [-0.2, -0.15) is 0 Å². The van der Waals surface area contributed by atoms with Crippen LogP contribution in [-0.2, 0) is 9.59 Å². The van der Waals surface area contributed by atoms with Crippen molar-refractivity contribution in [3.8, 4) is 0 Å². The largest absolute Gasteiger partial charge is 0.481 e. The molecule has 2 atom stereocenters. The second-order valence-corrected chi connectivity index (χ2v) is 7.24. The molecule has 1 saturated heterocycles. The topological polar surface area (TPSA) is 69.6 Å². The lowest BCUT2D eigenvalue weighted by Gasteiger charge is -2.35. The van der Waals surface area contributed by atoms with E-state index in [2.05, 4.69) is 26.1 Å². The lowest BCUT2D eigenvalue weighted by molar-refractivity contribution is -0.138. The highest BCUT2D eigenvalue weighted by Gasteiger charge is 2.28. The maximum absolute atomic E-state index is 12.2. The molecule has 1 heterocycles. The molecule has 1 aliphatic rings. The Morgan fingerprint density at radius 3 is 2.62 bits per heavy atom. The molecule has 1 amide bonds. The number of amides is 1. The molecule has 0 radical (unpaired) electrons. The molecule has 2 N–H and O–H groups in total. The molecule has 0 bridgehead atoms. The van der Waals surface area contributed by atoms with Crippen LogP contribution in [0.2, 0.25) is 0 Å². The summed E-state index contributed by atoms with van der Waals surface area (Å²) in [6.45, 7) is 10.4. The lowest BCUT2D eigenvalue weighted by Crippen LogP contribution is -2.44. The molecule has 5 nitrogen and oxygen atoms in total. The van der Waals surface area contributed by atoms with Crippen molar-refractivity contribution in [3.63, 3.8) is 0 Å². The van der Waals surface area contributed by atoms with E-state index in [-0.39, 0.29) is 23.8 Å². The summed E-state index contributed by atoms with van der Waals surface area (Å²) in [6.07, 6.45) is 2.71. The number of nitrogens with zero attached hydrogens (tertiary/aromatic N) is 1. The molecule has 1 aliphatic heterocycles. The summed E-state index contributed by atoms with van der Waals surface area (Å²) >= 11 is 0. The van der Waals surface area contributed by atoms with Gasteiger partial charge in [0.2, 0.25) is 5.91 Å². The maximum Gasteiger partial charge on any atom is 0.303 e. The van der Waals surface area contributed by atoms with Crippen molar-refractivity contribution in [3.05, 3.63) is 0 Å². The zero-order chi connectivity index (χ0) is 16.0. The number of piperidine rings is 1. The fourth-order valence-electron chi connectivity index (χ4n) is 2.85. The third kappa shape index (κ3) is 6.93. The van der Waals surface area contributed by atoms with Gasteiger partial charge in [0.05, 0.1) is 0 Å². The third-order valence-corrected chi connectivity index (χ3v) is 4.11. The maximum atomic E-state index is 12.2. The SMILES string of the molecule is CC(CC(=O)O)C1CCCN(C(=O)CCNC(C)(C)C)C1. The van der Waals surface area contributed by atoms with E-state index >= 15 is 0 Å². The summed E-state index contributed by atoms with van der Waals surface area (Å²) in [5.74, 6) is -0.125. The summed E-state index contributed by atoms with van der Waals surface area (Å²) < 4.78 is 0. The Kier molecular flexibility index (Phi) is 6.65. The van der Waals surface area contributed by atoms with Crippen LogP contribution in [0.25, 0.3) is 0 Å². The van der Waals surface area contributed by atoms with Crippen LogP contribution in [0.15, 0.2) is 0 Å². The molecular formula is C16H30N2O3. The molecule has 0 aromatic carbocycles. The predicted molar refractivity (Wildman–Crippen MR) is 83.1 cm³/mol. The van der Waals surface area contributed by atoms with Gasteiger partial charge in [0.15, 0.2) is 0 Å². The van der Waals surface area contributed by atoms with Crippen LogP contribution >= 0.6 is 0 Å². The zero-order valence-electron chi connectivity index (χ0n) is 13.8. The molecule has 122 valence electrons. The van der Waals surface area contributed by atoms with Crippen LogP contribution in [0.3, 0.4) is 0 Å². The molecule has 1 fully saturated rings. The molecule has 0 aromatic rings. The van der Waals surface area contributed by atoms with E-state index in [0.717, 1.165) is 19.4 Å². The van der Waals surface area contributed by atoms with Crippen LogP contribution in [-0.4, -0.2) is 47.1 Å². The van der Waals surface area contributed by atoms with Crippen molar-refractivity contribution in [2.75, 3.05) is 19.6 Å². The van der Waals surface area contributed by atoms with Crippen molar-refractivity contribution in [1.82, 2.24) is 10.2 Å². The van der Waals surface area contributed by atoms with E-state index < -0.39 is 5.97 Å². The van der Waals surface area contributed by atoms with Crippen LogP contribution < -0.4 is 5.32 Å². The van der Waals surface area contributed by atoms with E-state index in [1.165, 1.54) is 0 Å². The minimum absolute atomic E-state index is 0.0285. The number of likely N-dealkylation sites (tertiary alicyclic amines) is 1. The predicted octanol–water partition coefficient (Wildman–Crippen LogP) is 2.11. The Hall–Kier alpha value is -1.10. The quantitative estimate of drug-likeness (QED) is 0.788. The van der Waals surface area contributed by atoms with Crippen LogP contribution in [0.5, 0.6) is 0 Å². The van der Waals surface area contributed by atoms with Gasteiger partial charge in [-0.15, -0.1) is 0 Å². The second kappa shape index (κ2) is 7.78. The number of rotatable bonds is 6. The van der Waals surface area contributed by atoms with E-state index in [9.17, 15) is 9.59 Å². The molecule has 5 heteroatoms. The van der Waals surface area contributed by atoms with Crippen LogP contribution in [0, 0.1) is 11.8 Å². The monoisotopic (exact) mass is 298 g/mol. The fraction of sp³-hybridized carbons (Fsp3) is 0.875. The first-order chi connectivity index (χ1) is 9.69. The fourth-order valence-corrected chi connectivity index (χ4v) is 2.85. The van der Waals surface area contributed by atoms with Gasteiger partial charge < -0.3 is 15.3 Å². The summed E-state index contributed by atoms with van der Waals surface area (Å²) in [7, 11) is 0. The van der Waals surface area contributed by atoms with Gasteiger partial charge in [0.25, 0.3) is 0 Å². The Morgan fingerprint density at radius 2 is 2.05 bits per heavy atom. The van der Waals surface area contributed by atoms with Gasteiger partial charge in [0.1, 0.15) is 0 Å². The highest BCUT2D eigenvalue weighted by molar-refractivity contribution is 5.76. The zero-order valence-corrected chi connectivity index (χ0v) is 13.8. The number of aliphatic carboxylic acids is 1. The first kappa shape index (κ1) is 18.0. The average molecular weight is 298 g/mol. The Morgan fingerprint density at radius 1 is 1.38 bits per heavy atom. The van der Waals surface area contributed by atoms with E-state index in [4.69, 9.17) is 5.11 Å². The van der Waals surface area contributed by atoms with Gasteiger partial charge in [-0.05, 0) is 45.4 Å². The minimum Gasteiger partial charge on any atom is -0.481 e. The van der Waals surface area contributed by atoms with Gasteiger partial charge in [-0.3, -0.25) is 9.59 Å². The van der Waals surface area contributed by atoms with Crippen LogP contribution in [0.1, 0.15) is 53.4 Å². The van der Waals surface area contributed by atoms with E-state index in [0.29, 0.717) is 25.4 Å². The van der Waals surface area contributed by atoms with Crippen molar-refractivity contribution in [2.45, 2.75) is 58.9 Å². The molecule has 2 unspecified atom stereocenters. The number of nitrogens with one attached hydrogen (secondary N) is 1. The highest BCUT2D eigenvalue weighted by Crippen LogP contribution is 2.26. The number of hydrogen-bond donors (Lipinski definition) is 2. The Balaban J connectivity index is 2.41. The number of hydrogen-bond acceptors (Lipinski definition) is 3. The second-order valence-electron chi connectivity index (χ2n) is 7.24. The highest BCUT2D eigenvalue weighted by atomic mass is 16.4. The number of carbonyl (C=O) groups is 2. The van der Waals surface area contributed by atoms with Crippen molar-refractivity contribution >= 4 is 11.9 Å². The summed E-state index contributed by atoms with van der Waals surface area (Å²) in [5, 5.41) is 12.2. The first-order valence-corrected chi connectivity index (χ1v) is 7.93. The average Bonchev–Trinajstić information content (AvgIpc) is 2.36. The van der Waals surface area contributed by atoms with Gasteiger partial charge in [0, 0.05) is 38.0 Å². The Labute approximate surface area is 128 Å². The van der Waals surface area contributed by atoms with Gasteiger partial charge >= 0.3 is 5.97 Å². The van der Waals surface area contributed by atoms with Crippen molar-refractivity contribution < 1.29 is 14.7 Å². The summed E-state index contributed by atoms with van der Waals surface area (Å²) in [4.78, 5) is 25.0. The number of carboxylic acids is 1. The van der Waals surface area contributed by atoms with Gasteiger partial charge in [-0.1, -0.05) is 6.92 Å². The smallest absolute Gasteiger partial charge is 0.303 e. The number of carbonyl (C=O) groups excluding carboxylic acids is 1. The van der Waals surface area contributed by atoms with Crippen molar-refractivity contribution in [2.24, 2.45) is 11.8 Å². The number of carboxylic acid groups (broad SMARTS) is 1.